The molecule has 4 nitrogen and oxygen atoms in total. The summed E-state index contributed by atoms with van der Waals surface area (Å²) >= 11 is 6.40. The predicted molar refractivity (Wildman–Crippen MR) is 179 cm³/mol. The van der Waals surface area contributed by atoms with Gasteiger partial charge in [0, 0.05) is 32.8 Å². The molecule has 0 atom stereocenters. The van der Waals surface area contributed by atoms with Crippen LogP contribution in [0.2, 0.25) is 5.02 Å². The van der Waals surface area contributed by atoms with Crippen molar-refractivity contribution in [3.8, 4) is 56.8 Å². The SMILES string of the molecule is Clc1cccc(-c2nc(-c3ccccc3)nc(-c3ccc4c(c3)C3(c5ccccc5O4)c4ccccc4-c4ccccc43)n2)c1. The Morgan fingerprint density at radius 2 is 0.956 bits per heavy atom. The topological polar surface area (TPSA) is 47.9 Å². The third-order valence-corrected chi connectivity index (χ3v) is 9.09. The molecule has 0 saturated heterocycles. The first-order valence-electron chi connectivity index (χ1n) is 14.9. The maximum Gasteiger partial charge on any atom is 0.164 e. The molecule has 0 unspecified atom stereocenters. The lowest BCUT2D eigenvalue weighted by Crippen LogP contribution is -2.32. The van der Waals surface area contributed by atoms with Crippen molar-refractivity contribution in [1.82, 2.24) is 15.0 Å². The molecule has 0 radical (unpaired) electrons. The zero-order valence-electron chi connectivity index (χ0n) is 24.0. The Morgan fingerprint density at radius 3 is 1.64 bits per heavy atom. The number of halogens is 1. The minimum atomic E-state index is -0.571. The van der Waals surface area contributed by atoms with Gasteiger partial charge in [-0.05, 0) is 58.7 Å². The quantitative estimate of drug-likeness (QED) is 0.203. The molecule has 2 aliphatic rings. The highest BCUT2D eigenvalue weighted by Crippen LogP contribution is 2.62. The van der Waals surface area contributed by atoms with Crippen LogP contribution < -0.4 is 4.74 Å². The van der Waals surface area contributed by atoms with Crippen LogP contribution in [-0.4, -0.2) is 15.0 Å². The smallest absolute Gasteiger partial charge is 0.164 e. The lowest BCUT2D eigenvalue weighted by molar-refractivity contribution is 0.436. The fraction of sp³-hybridized carbons (Fsp3) is 0.0250. The van der Waals surface area contributed by atoms with Crippen molar-refractivity contribution in [3.63, 3.8) is 0 Å². The van der Waals surface area contributed by atoms with Crippen LogP contribution in [0.25, 0.3) is 45.3 Å². The molecule has 212 valence electrons. The van der Waals surface area contributed by atoms with Crippen molar-refractivity contribution in [2.24, 2.45) is 0 Å². The zero-order chi connectivity index (χ0) is 30.0. The van der Waals surface area contributed by atoms with Gasteiger partial charge in [-0.2, -0.15) is 0 Å². The van der Waals surface area contributed by atoms with Crippen LogP contribution in [-0.2, 0) is 5.41 Å². The molecule has 0 fully saturated rings. The van der Waals surface area contributed by atoms with Gasteiger partial charge in [-0.3, -0.25) is 0 Å². The summed E-state index contributed by atoms with van der Waals surface area (Å²) in [7, 11) is 0. The van der Waals surface area contributed by atoms with Crippen molar-refractivity contribution in [2.45, 2.75) is 5.41 Å². The Labute approximate surface area is 265 Å². The molecule has 1 aliphatic carbocycles. The van der Waals surface area contributed by atoms with E-state index in [4.69, 9.17) is 31.3 Å². The van der Waals surface area contributed by atoms with Crippen molar-refractivity contribution in [3.05, 3.63) is 173 Å². The van der Waals surface area contributed by atoms with Crippen molar-refractivity contribution < 1.29 is 4.74 Å². The van der Waals surface area contributed by atoms with E-state index >= 15 is 0 Å². The molecule has 2 heterocycles. The molecular formula is C40H24ClN3O. The molecule has 1 spiro atoms. The molecule has 6 aromatic carbocycles. The second-order valence-electron chi connectivity index (χ2n) is 11.3. The fourth-order valence-corrected chi connectivity index (χ4v) is 7.16. The Morgan fingerprint density at radius 1 is 0.422 bits per heavy atom. The van der Waals surface area contributed by atoms with Gasteiger partial charge in [0.05, 0.1) is 5.41 Å². The van der Waals surface area contributed by atoms with Gasteiger partial charge in [-0.25, -0.2) is 15.0 Å². The summed E-state index contributed by atoms with van der Waals surface area (Å²) in [5.74, 6) is 3.42. The summed E-state index contributed by atoms with van der Waals surface area (Å²) in [6.07, 6.45) is 0. The van der Waals surface area contributed by atoms with Gasteiger partial charge < -0.3 is 4.74 Å². The summed E-state index contributed by atoms with van der Waals surface area (Å²) in [4.78, 5) is 14.9. The third kappa shape index (κ3) is 3.89. The monoisotopic (exact) mass is 597 g/mol. The normalized spacial score (nSPS) is 13.4. The highest BCUT2D eigenvalue weighted by molar-refractivity contribution is 6.30. The maximum absolute atomic E-state index is 6.62. The number of rotatable bonds is 3. The first-order chi connectivity index (χ1) is 22.2. The molecule has 0 amide bonds. The number of benzene rings is 6. The Balaban J connectivity index is 1.32. The Hall–Kier alpha value is -5.58. The highest BCUT2D eigenvalue weighted by atomic mass is 35.5. The highest BCUT2D eigenvalue weighted by Gasteiger charge is 2.51. The third-order valence-electron chi connectivity index (χ3n) is 8.86. The minimum absolute atomic E-state index is 0.562. The van der Waals surface area contributed by atoms with E-state index in [0.29, 0.717) is 22.5 Å². The summed E-state index contributed by atoms with van der Waals surface area (Å²) in [6, 6.07) is 49.7. The molecular weight excluding hydrogens is 574 g/mol. The molecule has 9 rings (SSSR count). The number of aromatic nitrogens is 3. The molecule has 5 heteroatoms. The molecule has 1 aromatic heterocycles. The number of nitrogens with zero attached hydrogens (tertiary/aromatic N) is 3. The Bertz CT molecular complexity index is 2240. The fourth-order valence-electron chi connectivity index (χ4n) is 6.97. The lowest BCUT2D eigenvalue weighted by Gasteiger charge is -2.39. The van der Waals surface area contributed by atoms with Crippen LogP contribution in [0.1, 0.15) is 22.3 Å². The minimum Gasteiger partial charge on any atom is -0.457 e. The van der Waals surface area contributed by atoms with Crippen LogP contribution >= 0.6 is 11.6 Å². The van der Waals surface area contributed by atoms with E-state index in [0.717, 1.165) is 39.3 Å². The van der Waals surface area contributed by atoms with Crippen LogP contribution in [0.3, 0.4) is 0 Å². The van der Waals surface area contributed by atoms with Crippen LogP contribution in [0.5, 0.6) is 11.5 Å². The van der Waals surface area contributed by atoms with Gasteiger partial charge in [0.1, 0.15) is 11.5 Å². The molecule has 0 saturated carbocycles. The zero-order valence-corrected chi connectivity index (χ0v) is 24.7. The molecule has 45 heavy (non-hydrogen) atoms. The second kappa shape index (κ2) is 9.98. The summed E-state index contributed by atoms with van der Waals surface area (Å²) in [6.45, 7) is 0. The average molecular weight is 598 g/mol. The van der Waals surface area contributed by atoms with E-state index in [9.17, 15) is 0 Å². The van der Waals surface area contributed by atoms with E-state index in [1.807, 2.05) is 66.7 Å². The number of para-hydroxylation sites is 1. The molecule has 0 bridgehead atoms. The second-order valence-corrected chi connectivity index (χ2v) is 11.8. The summed E-state index contributed by atoms with van der Waals surface area (Å²) in [5, 5.41) is 0.626. The van der Waals surface area contributed by atoms with Crippen LogP contribution in [0.4, 0.5) is 0 Å². The number of fused-ring (bicyclic) bond motifs is 9. The van der Waals surface area contributed by atoms with E-state index in [-0.39, 0.29) is 0 Å². The van der Waals surface area contributed by atoms with Gasteiger partial charge in [-0.1, -0.05) is 121 Å². The van der Waals surface area contributed by atoms with Crippen LogP contribution in [0.15, 0.2) is 146 Å². The van der Waals surface area contributed by atoms with Gasteiger partial charge in [-0.15, -0.1) is 0 Å². The molecule has 7 aromatic rings. The summed E-state index contributed by atoms with van der Waals surface area (Å²) < 4.78 is 6.62. The predicted octanol–water partition coefficient (Wildman–Crippen LogP) is 9.99. The number of hydrogen-bond acceptors (Lipinski definition) is 4. The summed E-state index contributed by atoms with van der Waals surface area (Å²) in [5.41, 5.74) is 9.16. The standard InChI is InChI=1S/C40H24ClN3O/c41-28-14-10-13-26(23-28)38-42-37(25-11-2-1-3-12-25)43-39(44-38)27-21-22-36-34(24-27)40(33-19-8-9-20-35(33)45-36)31-17-6-4-15-29(31)30-16-5-7-18-32(30)40/h1-24H. The van der Waals surface area contributed by atoms with Gasteiger partial charge in [0.2, 0.25) is 0 Å². The first-order valence-corrected chi connectivity index (χ1v) is 15.3. The van der Waals surface area contributed by atoms with Crippen molar-refractivity contribution in [1.29, 1.82) is 0 Å². The lowest BCUT2D eigenvalue weighted by atomic mass is 9.66. The molecule has 1 aliphatic heterocycles. The van der Waals surface area contributed by atoms with E-state index in [1.54, 1.807) is 0 Å². The average Bonchev–Trinajstić information content (AvgIpc) is 3.39. The number of hydrogen-bond donors (Lipinski definition) is 0. The molecule has 0 N–H and O–H groups in total. The van der Waals surface area contributed by atoms with Crippen molar-refractivity contribution in [2.75, 3.05) is 0 Å². The van der Waals surface area contributed by atoms with Crippen molar-refractivity contribution >= 4 is 11.6 Å². The van der Waals surface area contributed by atoms with Gasteiger partial charge in [0.15, 0.2) is 17.5 Å². The first kappa shape index (κ1) is 25.9. The van der Waals surface area contributed by atoms with E-state index in [1.165, 1.54) is 22.3 Å². The van der Waals surface area contributed by atoms with Gasteiger partial charge in [0.25, 0.3) is 0 Å². The van der Waals surface area contributed by atoms with Gasteiger partial charge >= 0.3 is 0 Å². The number of ether oxygens (including phenoxy) is 1. The van der Waals surface area contributed by atoms with Crippen LogP contribution in [0, 0.1) is 0 Å². The maximum atomic E-state index is 6.62. The largest absolute Gasteiger partial charge is 0.457 e. The Kier molecular flexibility index (Phi) is 5.74. The van der Waals surface area contributed by atoms with E-state index in [2.05, 4.69) is 78.9 Å². The van der Waals surface area contributed by atoms with E-state index < -0.39 is 5.41 Å².